The lowest BCUT2D eigenvalue weighted by molar-refractivity contribution is -0.116. The lowest BCUT2D eigenvalue weighted by atomic mass is 10.1. The Hall–Kier alpha value is -3.68. The number of carbonyl (C=O) groups is 1. The Balaban J connectivity index is 1.57. The predicted octanol–water partition coefficient (Wildman–Crippen LogP) is 4.33. The van der Waals surface area contributed by atoms with E-state index in [-0.39, 0.29) is 30.5 Å². The van der Waals surface area contributed by atoms with Crippen LogP contribution in [0.3, 0.4) is 0 Å². The molecule has 0 spiro atoms. The van der Waals surface area contributed by atoms with E-state index >= 15 is 0 Å². The minimum atomic E-state index is -0.190. The summed E-state index contributed by atoms with van der Waals surface area (Å²) >= 11 is 0. The Labute approximate surface area is 185 Å². The quantitative estimate of drug-likeness (QED) is 0.468. The highest BCUT2D eigenvalue weighted by atomic mass is 16.5. The summed E-state index contributed by atoms with van der Waals surface area (Å²) in [5.74, 6) is 0.934. The Morgan fingerprint density at radius 2 is 1.81 bits per heavy atom. The van der Waals surface area contributed by atoms with Crippen LogP contribution in [0, 0.1) is 6.92 Å². The van der Waals surface area contributed by atoms with Crippen molar-refractivity contribution in [1.82, 2.24) is 19.3 Å². The maximum atomic E-state index is 12.9. The molecule has 1 amide bonds. The third kappa shape index (κ3) is 3.95. The first-order valence-electron chi connectivity index (χ1n) is 10.8. The smallest absolute Gasteiger partial charge is 0.329 e. The van der Waals surface area contributed by atoms with Crippen molar-refractivity contribution in [3.63, 3.8) is 0 Å². The van der Waals surface area contributed by atoms with Gasteiger partial charge in [0.25, 0.3) is 5.89 Å². The number of amides is 1. The molecule has 2 heterocycles. The predicted molar refractivity (Wildman–Crippen MR) is 124 cm³/mol. The highest BCUT2D eigenvalue weighted by molar-refractivity contribution is 5.95. The van der Waals surface area contributed by atoms with E-state index in [9.17, 15) is 9.59 Å². The van der Waals surface area contributed by atoms with Gasteiger partial charge in [0.15, 0.2) is 5.82 Å². The fourth-order valence-electron chi connectivity index (χ4n) is 3.80. The van der Waals surface area contributed by atoms with Crippen LogP contribution in [0.1, 0.15) is 44.5 Å². The maximum absolute atomic E-state index is 12.9. The van der Waals surface area contributed by atoms with Gasteiger partial charge in [0, 0.05) is 25.4 Å². The number of carbonyl (C=O) groups excluding carboxylic acids is 1. The zero-order valence-corrected chi connectivity index (χ0v) is 18.8. The summed E-state index contributed by atoms with van der Waals surface area (Å²) in [6.45, 7) is 8.70. The van der Waals surface area contributed by atoms with Crippen molar-refractivity contribution in [2.75, 3.05) is 5.32 Å². The summed E-state index contributed by atoms with van der Waals surface area (Å²) in [5.41, 5.74) is 3.80. The Morgan fingerprint density at radius 1 is 1.09 bits per heavy atom. The molecule has 0 saturated heterocycles. The molecule has 4 rings (SSSR count). The van der Waals surface area contributed by atoms with Crippen LogP contribution in [0.5, 0.6) is 0 Å². The largest absolute Gasteiger partial charge is 0.334 e. The zero-order valence-electron chi connectivity index (χ0n) is 18.8. The summed E-state index contributed by atoms with van der Waals surface area (Å²) in [6.07, 6.45) is 0.159. The first-order chi connectivity index (χ1) is 15.4. The van der Waals surface area contributed by atoms with Crippen molar-refractivity contribution < 1.29 is 9.32 Å². The van der Waals surface area contributed by atoms with Gasteiger partial charge >= 0.3 is 5.69 Å². The van der Waals surface area contributed by atoms with Gasteiger partial charge in [-0.3, -0.25) is 13.9 Å². The molecule has 0 aliphatic carbocycles. The molecule has 0 atom stereocenters. The fraction of sp³-hybridized carbons (Fsp3) is 0.333. The van der Waals surface area contributed by atoms with Crippen LogP contribution in [-0.2, 0) is 17.9 Å². The van der Waals surface area contributed by atoms with E-state index in [1.807, 2.05) is 70.2 Å². The van der Waals surface area contributed by atoms with Crippen molar-refractivity contribution in [3.8, 4) is 11.5 Å². The number of rotatable bonds is 7. The van der Waals surface area contributed by atoms with Crippen LogP contribution >= 0.6 is 0 Å². The number of aryl methyl sites for hydroxylation is 3. The summed E-state index contributed by atoms with van der Waals surface area (Å²) in [6, 6.07) is 13.3. The average molecular weight is 434 g/mol. The van der Waals surface area contributed by atoms with E-state index < -0.39 is 0 Å². The van der Waals surface area contributed by atoms with Crippen LogP contribution < -0.4 is 11.0 Å². The second-order valence-corrected chi connectivity index (χ2v) is 8.08. The van der Waals surface area contributed by atoms with Crippen molar-refractivity contribution >= 4 is 22.6 Å². The molecule has 0 fully saturated rings. The van der Waals surface area contributed by atoms with Gasteiger partial charge in [-0.05, 0) is 37.6 Å². The molecule has 8 nitrogen and oxygen atoms in total. The maximum Gasteiger partial charge on any atom is 0.329 e. The number of aromatic nitrogens is 4. The molecule has 0 unspecified atom stereocenters. The lowest BCUT2D eigenvalue weighted by Gasteiger charge is -2.12. The Kier molecular flexibility index (Phi) is 5.94. The molecule has 0 radical (unpaired) electrons. The van der Waals surface area contributed by atoms with Crippen molar-refractivity contribution in [1.29, 1.82) is 0 Å². The molecular formula is C24H27N5O3. The number of hydrogen-bond donors (Lipinski definition) is 1. The van der Waals surface area contributed by atoms with Crippen molar-refractivity contribution in [2.24, 2.45) is 0 Å². The normalized spacial score (nSPS) is 11.4. The van der Waals surface area contributed by atoms with Gasteiger partial charge in [-0.1, -0.05) is 43.3 Å². The second kappa shape index (κ2) is 8.82. The molecule has 0 saturated carbocycles. The van der Waals surface area contributed by atoms with Gasteiger partial charge in [0.05, 0.1) is 22.3 Å². The van der Waals surface area contributed by atoms with Gasteiger partial charge in [0.1, 0.15) is 0 Å². The standard InChI is InChI=1S/C24H27N5O3/c1-5-28-18-11-6-7-12-19(18)29(24(28)31)14-13-20(30)25-21-16(4)9-8-10-17(21)23-26-22(15(2)3)27-32-23/h6-12,15H,5,13-14H2,1-4H3,(H,25,30). The number of nitrogens with one attached hydrogen (secondary N) is 1. The summed E-state index contributed by atoms with van der Waals surface area (Å²) in [4.78, 5) is 30.1. The Bertz CT molecular complexity index is 1330. The number of para-hydroxylation sites is 3. The SMILES string of the molecule is CCn1c(=O)n(CCC(=O)Nc2c(C)cccc2-c2nc(C(C)C)no2)c2ccccc21. The molecular weight excluding hydrogens is 406 g/mol. The molecule has 0 bridgehead atoms. The van der Waals surface area contributed by atoms with Gasteiger partial charge in [-0.2, -0.15) is 4.98 Å². The van der Waals surface area contributed by atoms with E-state index in [0.29, 0.717) is 29.5 Å². The molecule has 2 aromatic carbocycles. The summed E-state index contributed by atoms with van der Waals surface area (Å²) < 4.78 is 8.81. The van der Waals surface area contributed by atoms with Gasteiger partial charge < -0.3 is 9.84 Å². The van der Waals surface area contributed by atoms with Crippen molar-refractivity contribution in [2.45, 2.75) is 53.1 Å². The minimum absolute atomic E-state index is 0.106. The molecule has 0 aliphatic rings. The fourth-order valence-corrected chi connectivity index (χ4v) is 3.80. The number of imidazole rings is 1. The zero-order chi connectivity index (χ0) is 22.8. The molecule has 8 heteroatoms. The molecule has 1 N–H and O–H groups in total. The number of anilines is 1. The minimum Gasteiger partial charge on any atom is -0.334 e. The first kappa shape index (κ1) is 21.5. The van der Waals surface area contributed by atoms with Gasteiger partial charge in [-0.25, -0.2) is 4.79 Å². The monoisotopic (exact) mass is 433 g/mol. The molecule has 4 aromatic rings. The van der Waals surface area contributed by atoms with Crippen LogP contribution in [0.25, 0.3) is 22.5 Å². The lowest BCUT2D eigenvalue weighted by Crippen LogP contribution is -2.26. The van der Waals surface area contributed by atoms with E-state index in [0.717, 1.165) is 16.6 Å². The van der Waals surface area contributed by atoms with E-state index in [1.54, 1.807) is 9.13 Å². The number of benzene rings is 2. The van der Waals surface area contributed by atoms with Gasteiger partial charge in [0.2, 0.25) is 5.91 Å². The van der Waals surface area contributed by atoms with Gasteiger partial charge in [-0.15, -0.1) is 0 Å². The topological polar surface area (TPSA) is 95.0 Å². The highest BCUT2D eigenvalue weighted by Crippen LogP contribution is 2.30. The number of fused-ring (bicyclic) bond motifs is 1. The number of hydrogen-bond acceptors (Lipinski definition) is 5. The molecule has 2 aromatic heterocycles. The Morgan fingerprint density at radius 3 is 2.47 bits per heavy atom. The second-order valence-electron chi connectivity index (χ2n) is 8.08. The van der Waals surface area contributed by atoms with Crippen LogP contribution in [0.15, 0.2) is 51.8 Å². The molecule has 32 heavy (non-hydrogen) atoms. The summed E-state index contributed by atoms with van der Waals surface area (Å²) in [5, 5.41) is 7.01. The summed E-state index contributed by atoms with van der Waals surface area (Å²) in [7, 11) is 0. The van der Waals surface area contributed by atoms with Crippen LogP contribution in [0.2, 0.25) is 0 Å². The van der Waals surface area contributed by atoms with E-state index in [2.05, 4.69) is 15.5 Å². The molecule has 0 aliphatic heterocycles. The first-order valence-corrected chi connectivity index (χ1v) is 10.8. The van der Waals surface area contributed by atoms with E-state index in [1.165, 1.54) is 0 Å². The third-order valence-electron chi connectivity index (χ3n) is 5.53. The highest BCUT2D eigenvalue weighted by Gasteiger charge is 2.18. The van der Waals surface area contributed by atoms with Crippen LogP contribution in [-0.4, -0.2) is 25.2 Å². The third-order valence-corrected chi connectivity index (χ3v) is 5.53. The number of nitrogens with zero attached hydrogens (tertiary/aromatic N) is 4. The van der Waals surface area contributed by atoms with E-state index in [4.69, 9.17) is 4.52 Å². The average Bonchev–Trinajstić information content (AvgIpc) is 3.36. The van der Waals surface area contributed by atoms with Crippen LogP contribution in [0.4, 0.5) is 5.69 Å². The van der Waals surface area contributed by atoms with Crippen molar-refractivity contribution in [3.05, 3.63) is 64.3 Å². The molecule has 166 valence electrons.